The van der Waals surface area contributed by atoms with Gasteiger partial charge >= 0.3 is 27.6 Å². The predicted octanol–water partition coefficient (Wildman–Crippen LogP) is 7.70. The zero-order valence-electron chi connectivity index (χ0n) is 43.2. The van der Waals surface area contributed by atoms with Crippen molar-refractivity contribution >= 4 is 39.2 Å². The Morgan fingerprint density at radius 3 is 1.44 bits per heavy atom. The molecular formula is C52H67NO20P2. The molecule has 4 aliphatic rings. The van der Waals surface area contributed by atoms with Crippen molar-refractivity contribution in [2.24, 2.45) is 16.6 Å². The molecule has 0 spiro atoms. The van der Waals surface area contributed by atoms with E-state index in [2.05, 4.69) is 9.47 Å². The number of carbonyl (C=O) groups is 4. The van der Waals surface area contributed by atoms with E-state index in [1.807, 2.05) is 140 Å². The van der Waals surface area contributed by atoms with Gasteiger partial charge in [0, 0.05) is 0 Å². The molecule has 0 aromatic heterocycles. The minimum atomic E-state index is -5.02. The van der Waals surface area contributed by atoms with Gasteiger partial charge in [-0.25, -0.2) is 18.7 Å². The summed E-state index contributed by atoms with van der Waals surface area (Å²) in [7, 11) is -9.96. The summed E-state index contributed by atoms with van der Waals surface area (Å²) in [6.07, 6.45) is 18.1. The summed E-state index contributed by atoms with van der Waals surface area (Å²) in [5.74, 6) is -8.27. The minimum absolute atomic E-state index is 0.00178. The second kappa shape index (κ2) is 24.9. The van der Waals surface area contributed by atoms with Gasteiger partial charge in [-0.15, -0.1) is 0 Å². The number of hydrogen-bond donors (Lipinski definition) is 9. The number of cyclic esters (lactones) is 2. The first kappa shape index (κ1) is 61.7. The van der Waals surface area contributed by atoms with Gasteiger partial charge in [-0.3, -0.25) is 33.4 Å². The second-order valence-electron chi connectivity index (χ2n) is 19.6. The molecule has 0 saturated heterocycles. The average Bonchev–Trinajstić information content (AvgIpc) is 3.69. The van der Waals surface area contributed by atoms with Gasteiger partial charge < -0.3 is 49.9 Å². The molecule has 8 atom stereocenters. The Labute approximate surface area is 434 Å². The van der Waals surface area contributed by atoms with E-state index in [0.717, 1.165) is 22.3 Å². The molecule has 0 bridgehead atoms. The van der Waals surface area contributed by atoms with Crippen LogP contribution in [-0.2, 0) is 55.9 Å². The number of nitrogens with two attached hydrogens (primary N) is 1. The molecule has 23 heteroatoms. The van der Waals surface area contributed by atoms with Gasteiger partial charge in [0.25, 0.3) is 5.72 Å². The van der Waals surface area contributed by atoms with E-state index in [0.29, 0.717) is 22.3 Å². The van der Waals surface area contributed by atoms with Crippen molar-refractivity contribution in [2.75, 3.05) is 13.2 Å². The van der Waals surface area contributed by atoms with Crippen LogP contribution in [0, 0.1) is 10.8 Å². The molecule has 21 nitrogen and oxygen atoms in total. The molecule has 10 N–H and O–H groups in total. The van der Waals surface area contributed by atoms with Crippen LogP contribution in [0.4, 0.5) is 0 Å². The molecule has 0 fully saturated rings. The van der Waals surface area contributed by atoms with Crippen molar-refractivity contribution in [1.82, 2.24) is 0 Å². The highest BCUT2D eigenvalue weighted by molar-refractivity contribution is 7.47. The van der Waals surface area contributed by atoms with Crippen molar-refractivity contribution in [3.05, 3.63) is 153 Å². The van der Waals surface area contributed by atoms with Gasteiger partial charge in [0.05, 0.1) is 13.2 Å². The van der Waals surface area contributed by atoms with Gasteiger partial charge in [0.15, 0.2) is 23.4 Å². The maximum Gasteiger partial charge on any atom is 0.472 e. The summed E-state index contributed by atoms with van der Waals surface area (Å²) in [6.45, 7) is 16.2. The molecule has 4 rings (SSSR count). The standard InChI is InChI=1S/C52H67NO20P2/c1-29(17-13-19-31(3)21-23-35-33(5)41(56)38(25-50(35,7)8)72-74(64,65)68-27-37(54)46-43(58)44(59)48(62)70-46)15-11-12-16-30(2)18-14-20-32(4)22-24-36-34(6)42(57)39(26-51(36,9)10)73-75(66,67)69-28-40(55)52(53)47(61)45(60)49(63)71-52/h11-24,37-40,46,54-55,58-61H,25-28,53H2,1-10H3,(H,64,65)(H,66,67)/b12-11+,17-13+,18-14+,23-21+,24-22+,29-15+,30-16+,31-19+,32-20+/t37-,38?,39?,40-,46+,52+/m0/s1. The van der Waals surface area contributed by atoms with Crippen LogP contribution in [0.3, 0.4) is 0 Å². The Morgan fingerprint density at radius 2 is 1.05 bits per heavy atom. The molecule has 0 amide bonds. The maximum absolute atomic E-state index is 13.3. The molecule has 0 radical (unpaired) electrons. The summed E-state index contributed by atoms with van der Waals surface area (Å²) in [5.41, 5.74) is 7.36. The van der Waals surface area contributed by atoms with Crippen molar-refractivity contribution < 1.29 is 96.3 Å². The minimum Gasteiger partial charge on any atom is -0.505 e. The summed E-state index contributed by atoms with van der Waals surface area (Å²) in [4.78, 5) is 70.3. The van der Waals surface area contributed by atoms with Crippen molar-refractivity contribution in [2.45, 2.75) is 118 Å². The molecule has 0 saturated carbocycles. The zero-order chi connectivity index (χ0) is 56.6. The maximum atomic E-state index is 13.3. The number of aliphatic hydroxyl groups excluding tert-OH is 6. The Bertz CT molecular complexity index is 2810. The van der Waals surface area contributed by atoms with E-state index in [-0.39, 0.29) is 12.8 Å². The van der Waals surface area contributed by atoms with Gasteiger partial charge in [0.1, 0.15) is 24.4 Å². The third-order valence-electron chi connectivity index (χ3n) is 12.4. The smallest absolute Gasteiger partial charge is 0.472 e. The Kier molecular flexibility index (Phi) is 20.5. The van der Waals surface area contributed by atoms with E-state index in [1.54, 1.807) is 13.8 Å². The molecular weight excluding hydrogens is 1020 g/mol. The fraction of sp³-hybridized carbons (Fsp3) is 0.423. The molecule has 4 unspecified atom stereocenters. The fourth-order valence-electron chi connectivity index (χ4n) is 8.15. The summed E-state index contributed by atoms with van der Waals surface area (Å²) in [5, 5.41) is 59.1. The van der Waals surface area contributed by atoms with Crippen molar-refractivity contribution in [3.63, 3.8) is 0 Å². The van der Waals surface area contributed by atoms with Crippen LogP contribution in [0.1, 0.15) is 82.1 Å². The van der Waals surface area contributed by atoms with Gasteiger partial charge in [-0.1, -0.05) is 135 Å². The lowest BCUT2D eigenvalue weighted by Gasteiger charge is -2.37. The summed E-state index contributed by atoms with van der Waals surface area (Å²) < 4.78 is 54.8. The van der Waals surface area contributed by atoms with E-state index in [1.165, 1.54) is 0 Å². The highest BCUT2D eigenvalue weighted by Crippen LogP contribution is 2.52. The highest BCUT2D eigenvalue weighted by Gasteiger charge is 2.53. The van der Waals surface area contributed by atoms with Crippen LogP contribution in [-0.4, -0.2) is 113 Å². The number of esters is 2. The van der Waals surface area contributed by atoms with Crippen molar-refractivity contribution in [1.29, 1.82) is 0 Å². The van der Waals surface area contributed by atoms with Crippen LogP contribution >= 0.6 is 15.6 Å². The Hall–Kier alpha value is -5.80. The van der Waals surface area contributed by atoms with E-state index in [9.17, 15) is 68.7 Å². The van der Waals surface area contributed by atoms with Gasteiger partial charge in [-0.2, -0.15) is 0 Å². The largest absolute Gasteiger partial charge is 0.505 e. The third kappa shape index (κ3) is 16.1. The van der Waals surface area contributed by atoms with Gasteiger partial charge in [0.2, 0.25) is 17.3 Å². The molecule has 2 aliphatic heterocycles. The lowest BCUT2D eigenvalue weighted by molar-refractivity contribution is -0.162. The summed E-state index contributed by atoms with van der Waals surface area (Å²) in [6, 6.07) is 0. The number of ketones is 2. The van der Waals surface area contributed by atoms with Crippen LogP contribution in [0.15, 0.2) is 153 Å². The molecule has 2 heterocycles. The van der Waals surface area contributed by atoms with E-state index < -0.39 is 122 Å². The predicted molar refractivity (Wildman–Crippen MR) is 274 cm³/mol. The number of phosphoric ester groups is 2. The van der Waals surface area contributed by atoms with Crippen LogP contribution in [0.2, 0.25) is 0 Å². The quantitative estimate of drug-likeness (QED) is 0.0285. The molecule has 410 valence electrons. The topological polar surface area (TPSA) is 346 Å². The first-order valence-electron chi connectivity index (χ1n) is 23.4. The van der Waals surface area contributed by atoms with E-state index >= 15 is 0 Å². The SMILES string of the molecule is CC1=C(/C=C/C(C)=C/C=C/C(C)=C/C=C/C=C(C)/C=C/C=C(C)/C=C/C2=C(C)C(=O)C(OP(=O)(O)OC[C@H](O)[C@@]3(N)OC(=O)C(O)=C3O)CC2(C)C)C(C)(C)CC(OP(=O)(O)OC[C@H](O)[C@H]2OC(=O)C(O)=C2O)C1=O. The number of carbonyl (C=O) groups excluding carboxylic acids is 4. The number of rotatable bonds is 22. The molecule has 0 aromatic rings. The highest BCUT2D eigenvalue weighted by atomic mass is 31.2. The molecule has 0 aromatic carbocycles. The van der Waals surface area contributed by atoms with Crippen LogP contribution < -0.4 is 5.73 Å². The van der Waals surface area contributed by atoms with Gasteiger partial charge in [-0.05, 0) is 87.5 Å². The Balaban J connectivity index is 1.27. The average molecular weight is 1090 g/mol. The second-order valence-corrected chi connectivity index (χ2v) is 22.4. The number of hydrogen-bond acceptors (Lipinski definition) is 19. The normalized spacial score (nSPS) is 27.0. The van der Waals surface area contributed by atoms with Crippen LogP contribution in [0.25, 0.3) is 0 Å². The van der Waals surface area contributed by atoms with Crippen LogP contribution in [0.5, 0.6) is 0 Å². The van der Waals surface area contributed by atoms with Crippen molar-refractivity contribution in [3.8, 4) is 0 Å². The number of allylic oxidation sites excluding steroid dienone is 20. The fourth-order valence-corrected chi connectivity index (χ4v) is 9.93. The number of ether oxygens (including phenoxy) is 2. The third-order valence-corrected chi connectivity index (χ3v) is 14.4. The first-order valence-corrected chi connectivity index (χ1v) is 26.4. The van der Waals surface area contributed by atoms with E-state index in [4.69, 9.17) is 23.8 Å². The molecule has 75 heavy (non-hydrogen) atoms. The first-order chi connectivity index (χ1) is 34.6. The molecule has 2 aliphatic carbocycles. The number of Topliss-reactive ketones (excluding diaryl/α,β-unsaturated/α-hetero) is 2. The lowest BCUT2D eigenvalue weighted by Crippen LogP contribution is -2.54. The zero-order valence-corrected chi connectivity index (χ0v) is 45.0. The lowest BCUT2D eigenvalue weighted by atomic mass is 9.71. The number of aliphatic hydroxyl groups is 6. The number of phosphoric acid groups is 2. The Morgan fingerprint density at radius 1 is 0.653 bits per heavy atom. The monoisotopic (exact) mass is 1090 g/mol. The summed E-state index contributed by atoms with van der Waals surface area (Å²) >= 11 is 0.